The van der Waals surface area contributed by atoms with E-state index in [-0.39, 0.29) is 18.4 Å². The molecule has 1 aliphatic heterocycles. The third-order valence-corrected chi connectivity index (χ3v) is 5.27. The quantitative estimate of drug-likeness (QED) is 0.576. The number of ether oxygens (including phenoxy) is 2. The second-order valence-corrected chi connectivity index (χ2v) is 7.71. The van der Waals surface area contributed by atoms with E-state index in [9.17, 15) is 9.59 Å². The third-order valence-electron chi connectivity index (χ3n) is 5.27. The molecule has 0 atom stereocenters. The van der Waals surface area contributed by atoms with Crippen molar-refractivity contribution in [1.29, 1.82) is 0 Å². The molecule has 1 aliphatic rings. The van der Waals surface area contributed by atoms with Crippen molar-refractivity contribution in [2.24, 2.45) is 0 Å². The number of hydrogen-bond acceptors (Lipinski definition) is 4. The van der Waals surface area contributed by atoms with Crippen LogP contribution in [0, 0.1) is 6.92 Å². The van der Waals surface area contributed by atoms with Crippen LogP contribution in [0.1, 0.15) is 17.5 Å². The molecule has 164 valence electrons. The summed E-state index contributed by atoms with van der Waals surface area (Å²) in [7, 11) is 0. The summed E-state index contributed by atoms with van der Waals surface area (Å²) in [4.78, 5) is 26.6. The summed E-state index contributed by atoms with van der Waals surface area (Å²) in [5.74, 6) is 1.15. The van der Waals surface area contributed by atoms with Crippen LogP contribution in [0.4, 0.5) is 11.4 Å². The lowest BCUT2D eigenvalue weighted by Gasteiger charge is -2.29. The van der Waals surface area contributed by atoms with Gasteiger partial charge in [0, 0.05) is 12.1 Å². The Morgan fingerprint density at radius 3 is 2.62 bits per heavy atom. The normalized spacial score (nSPS) is 12.7. The van der Waals surface area contributed by atoms with E-state index in [2.05, 4.69) is 5.32 Å². The average molecular weight is 431 g/mol. The first kappa shape index (κ1) is 21.4. The van der Waals surface area contributed by atoms with Gasteiger partial charge in [0.2, 0.25) is 5.91 Å². The van der Waals surface area contributed by atoms with Crippen molar-refractivity contribution < 1.29 is 19.1 Å². The summed E-state index contributed by atoms with van der Waals surface area (Å²) in [5, 5.41) is 2.92. The van der Waals surface area contributed by atoms with Crippen molar-refractivity contribution in [1.82, 2.24) is 0 Å². The molecule has 4 rings (SSSR count). The molecule has 3 aromatic rings. The molecule has 0 bridgehead atoms. The first-order valence-corrected chi connectivity index (χ1v) is 10.7. The second kappa shape index (κ2) is 10.0. The molecule has 0 spiro atoms. The van der Waals surface area contributed by atoms with E-state index in [0.717, 1.165) is 16.9 Å². The number of fused-ring (bicyclic) bond motifs is 1. The van der Waals surface area contributed by atoms with Crippen LogP contribution in [-0.2, 0) is 16.0 Å². The smallest absolute Gasteiger partial charge is 0.265 e. The molecule has 1 N–H and O–H groups in total. The van der Waals surface area contributed by atoms with Crippen LogP contribution < -0.4 is 19.7 Å². The van der Waals surface area contributed by atoms with E-state index >= 15 is 0 Å². The van der Waals surface area contributed by atoms with Gasteiger partial charge < -0.3 is 19.7 Å². The highest BCUT2D eigenvalue weighted by Gasteiger charge is 2.26. The van der Waals surface area contributed by atoms with Crippen LogP contribution in [0.15, 0.2) is 72.8 Å². The van der Waals surface area contributed by atoms with Crippen molar-refractivity contribution in [2.45, 2.75) is 19.8 Å². The number of benzene rings is 3. The zero-order valence-electron chi connectivity index (χ0n) is 18.0. The fraction of sp³-hybridized carbons (Fsp3) is 0.231. The predicted molar refractivity (Wildman–Crippen MR) is 124 cm³/mol. The first-order chi connectivity index (χ1) is 15.6. The Labute approximate surface area is 187 Å². The zero-order valence-corrected chi connectivity index (χ0v) is 18.0. The highest BCUT2D eigenvalue weighted by atomic mass is 16.5. The highest BCUT2D eigenvalue weighted by Crippen LogP contribution is 2.34. The van der Waals surface area contributed by atoms with Crippen LogP contribution in [0.25, 0.3) is 0 Å². The van der Waals surface area contributed by atoms with Crippen LogP contribution in [0.3, 0.4) is 0 Å². The Kier molecular flexibility index (Phi) is 6.70. The summed E-state index contributed by atoms with van der Waals surface area (Å²) in [6, 6.07) is 23.0. The van der Waals surface area contributed by atoms with Crippen LogP contribution in [0.5, 0.6) is 11.5 Å². The van der Waals surface area contributed by atoms with E-state index in [1.54, 1.807) is 23.1 Å². The number of nitrogens with zero attached hydrogens (tertiary/aromatic N) is 1. The molecule has 0 fully saturated rings. The van der Waals surface area contributed by atoms with Gasteiger partial charge in [-0.15, -0.1) is 0 Å². The van der Waals surface area contributed by atoms with Gasteiger partial charge in [-0.3, -0.25) is 9.59 Å². The van der Waals surface area contributed by atoms with Gasteiger partial charge in [-0.2, -0.15) is 0 Å². The maximum atomic E-state index is 12.5. The number of carbonyl (C=O) groups excluding carboxylic acids is 2. The van der Waals surface area contributed by atoms with E-state index in [1.807, 2.05) is 61.5 Å². The molecule has 6 heteroatoms. The van der Waals surface area contributed by atoms with Gasteiger partial charge >= 0.3 is 0 Å². The Morgan fingerprint density at radius 1 is 1.06 bits per heavy atom. The molecule has 32 heavy (non-hydrogen) atoms. The lowest BCUT2D eigenvalue weighted by Crippen LogP contribution is -2.41. The van der Waals surface area contributed by atoms with Crippen LogP contribution >= 0.6 is 0 Å². The highest BCUT2D eigenvalue weighted by molar-refractivity contribution is 5.99. The Balaban J connectivity index is 1.38. The topological polar surface area (TPSA) is 67.9 Å². The van der Waals surface area contributed by atoms with Crippen molar-refractivity contribution >= 4 is 23.2 Å². The Morgan fingerprint density at radius 2 is 1.84 bits per heavy atom. The van der Waals surface area contributed by atoms with Gasteiger partial charge in [0.1, 0.15) is 18.1 Å². The number of amides is 2. The first-order valence-electron chi connectivity index (χ1n) is 10.7. The van der Waals surface area contributed by atoms with Crippen LogP contribution in [0.2, 0.25) is 0 Å². The minimum atomic E-state index is -0.141. The van der Waals surface area contributed by atoms with Gasteiger partial charge in [-0.05, 0) is 49.2 Å². The lowest BCUT2D eigenvalue weighted by molar-refractivity contribution is -0.121. The van der Waals surface area contributed by atoms with E-state index in [4.69, 9.17) is 9.47 Å². The molecule has 2 amide bonds. The monoisotopic (exact) mass is 430 g/mol. The third kappa shape index (κ3) is 5.46. The average Bonchev–Trinajstić information content (AvgIpc) is 2.81. The fourth-order valence-corrected chi connectivity index (χ4v) is 3.54. The minimum absolute atomic E-state index is 0.0136. The molecule has 0 aliphatic carbocycles. The summed E-state index contributed by atoms with van der Waals surface area (Å²) in [6.07, 6.45) is 1.05. The van der Waals surface area contributed by atoms with Crippen molar-refractivity contribution in [2.75, 3.05) is 30.0 Å². The number of rotatable bonds is 8. The molecular formula is C26H26N2O4. The predicted octanol–water partition coefficient (Wildman–Crippen LogP) is 4.37. The maximum absolute atomic E-state index is 12.5. The largest absolute Gasteiger partial charge is 0.492 e. The summed E-state index contributed by atoms with van der Waals surface area (Å²) in [6.45, 7) is 2.74. The van der Waals surface area contributed by atoms with Gasteiger partial charge in [-0.1, -0.05) is 48.0 Å². The number of carbonyl (C=O) groups is 2. The SMILES string of the molecule is Cc1ccc(OCCN2C(=O)COc3ccc(NC(=O)CCc4ccccc4)cc32)cc1. The van der Waals surface area contributed by atoms with Crippen LogP contribution in [-0.4, -0.2) is 31.6 Å². The Bertz CT molecular complexity index is 1080. The molecular weight excluding hydrogens is 404 g/mol. The standard InChI is InChI=1S/C26H26N2O4/c1-19-7-11-22(12-8-19)31-16-15-28-23-17-21(10-13-24(23)32-18-26(28)30)27-25(29)14-9-20-5-3-2-4-6-20/h2-8,10-13,17H,9,14-16,18H2,1H3,(H,27,29). The maximum Gasteiger partial charge on any atom is 0.265 e. The van der Waals surface area contributed by atoms with E-state index in [1.165, 1.54) is 0 Å². The Hall–Kier alpha value is -3.80. The molecule has 3 aromatic carbocycles. The second-order valence-electron chi connectivity index (χ2n) is 7.71. The summed E-state index contributed by atoms with van der Waals surface area (Å²) in [5.41, 5.74) is 3.54. The lowest BCUT2D eigenvalue weighted by atomic mass is 10.1. The number of anilines is 2. The van der Waals surface area contributed by atoms with Gasteiger partial charge in [0.25, 0.3) is 5.91 Å². The molecule has 0 aromatic heterocycles. The molecule has 0 saturated heterocycles. The zero-order chi connectivity index (χ0) is 22.3. The van der Waals surface area contributed by atoms with Gasteiger partial charge in [0.15, 0.2) is 6.61 Å². The fourth-order valence-electron chi connectivity index (χ4n) is 3.54. The molecule has 0 saturated carbocycles. The van der Waals surface area contributed by atoms with E-state index < -0.39 is 0 Å². The molecule has 1 heterocycles. The number of nitrogens with one attached hydrogen (secondary N) is 1. The summed E-state index contributed by atoms with van der Waals surface area (Å²) < 4.78 is 11.4. The van der Waals surface area contributed by atoms with Gasteiger partial charge in [0.05, 0.1) is 12.2 Å². The molecule has 0 radical (unpaired) electrons. The van der Waals surface area contributed by atoms with Gasteiger partial charge in [-0.25, -0.2) is 0 Å². The number of aryl methyl sites for hydroxylation is 2. The number of hydrogen-bond donors (Lipinski definition) is 1. The molecule has 0 unspecified atom stereocenters. The molecule has 6 nitrogen and oxygen atoms in total. The minimum Gasteiger partial charge on any atom is -0.492 e. The van der Waals surface area contributed by atoms with Crippen molar-refractivity contribution in [3.8, 4) is 11.5 Å². The van der Waals surface area contributed by atoms with Crippen molar-refractivity contribution in [3.63, 3.8) is 0 Å². The summed E-state index contributed by atoms with van der Waals surface area (Å²) >= 11 is 0. The van der Waals surface area contributed by atoms with Crippen molar-refractivity contribution in [3.05, 3.63) is 83.9 Å². The van der Waals surface area contributed by atoms with E-state index in [0.29, 0.717) is 43.1 Å².